The van der Waals surface area contributed by atoms with Crippen molar-refractivity contribution in [2.45, 2.75) is 52.0 Å². The van der Waals surface area contributed by atoms with E-state index in [1.165, 1.54) is 24.8 Å². The Morgan fingerprint density at radius 3 is 2.10 bits per heavy atom. The van der Waals surface area contributed by atoms with Gasteiger partial charge in [0.2, 0.25) is 0 Å². The second-order valence-corrected chi connectivity index (χ2v) is 5.20. The molecule has 0 aromatic heterocycles. The molecule has 1 atom stereocenters. The van der Waals surface area contributed by atoms with Crippen LogP contribution in [0.25, 0.3) is 0 Å². The summed E-state index contributed by atoms with van der Waals surface area (Å²) in [6.45, 7) is 5.56. The van der Waals surface area contributed by atoms with Crippen molar-refractivity contribution in [3.05, 3.63) is 23.8 Å². The number of ether oxygens (including phenoxy) is 2. The third-order valence-electron chi connectivity index (χ3n) is 3.51. The molecule has 1 rings (SSSR count). The Morgan fingerprint density at radius 2 is 1.60 bits per heavy atom. The van der Waals surface area contributed by atoms with Crippen molar-refractivity contribution in [3.63, 3.8) is 0 Å². The van der Waals surface area contributed by atoms with Crippen LogP contribution in [0.2, 0.25) is 0 Å². The van der Waals surface area contributed by atoms with Crippen molar-refractivity contribution in [2.75, 3.05) is 20.8 Å². The summed E-state index contributed by atoms with van der Waals surface area (Å²) in [6, 6.07) is 6.73. The highest BCUT2D eigenvalue weighted by atomic mass is 16.5. The Balaban J connectivity index is 2.61. The molecule has 0 saturated heterocycles. The largest absolute Gasteiger partial charge is 0.497 e. The van der Waals surface area contributed by atoms with Crippen LogP contribution in [0.4, 0.5) is 0 Å². The van der Waals surface area contributed by atoms with Gasteiger partial charge in [0, 0.05) is 12.1 Å². The summed E-state index contributed by atoms with van der Waals surface area (Å²) in [5.41, 5.74) is 1.28. The lowest BCUT2D eigenvalue weighted by atomic mass is 10.0. The van der Waals surface area contributed by atoms with Gasteiger partial charge in [-0.1, -0.05) is 20.3 Å². The number of rotatable bonds is 10. The first-order valence-corrected chi connectivity index (χ1v) is 7.68. The molecular weight excluding hydrogens is 250 g/mol. The molecular formula is C17H29NO2. The lowest BCUT2D eigenvalue weighted by molar-refractivity contribution is 0.392. The molecule has 0 fully saturated rings. The predicted octanol–water partition coefficient (Wildman–Crippen LogP) is 3.80. The van der Waals surface area contributed by atoms with E-state index in [1.54, 1.807) is 14.2 Å². The SMILES string of the molecule is CCCNC(CCC)CCc1cc(OC)cc(OC)c1. The van der Waals surface area contributed by atoms with Gasteiger partial charge in [0.25, 0.3) is 0 Å². The molecule has 3 nitrogen and oxygen atoms in total. The fraction of sp³-hybridized carbons (Fsp3) is 0.647. The standard InChI is InChI=1S/C17H29NO2/c1-5-7-15(18-10-6-2)9-8-14-11-16(19-3)13-17(12-14)20-4/h11-13,15,18H,5-10H2,1-4H3. The summed E-state index contributed by atoms with van der Waals surface area (Å²) in [6.07, 6.45) is 5.86. The first-order chi connectivity index (χ1) is 9.73. The van der Waals surface area contributed by atoms with Crippen LogP contribution in [0.15, 0.2) is 18.2 Å². The fourth-order valence-corrected chi connectivity index (χ4v) is 2.40. The Hall–Kier alpha value is -1.22. The van der Waals surface area contributed by atoms with Crippen molar-refractivity contribution < 1.29 is 9.47 Å². The van der Waals surface area contributed by atoms with Gasteiger partial charge in [0.15, 0.2) is 0 Å². The van der Waals surface area contributed by atoms with E-state index in [2.05, 4.69) is 31.3 Å². The maximum absolute atomic E-state index is 5.32. The molecule has 0 radical (unpaired) electrons. The molecule has 20 heavy (non-hydrogen) atoms. The third-order valence-corrected chi connectivity index (χ3v) is 3.51. The van der Waals surface area contributed by atoms with E-state index in [0.29, 0.717) is 6.04 Å². The fourth-order valence-electron chi connectivity index (χ4n) is 2.40. The summed E-state index contributed by atoms with van der Waals surface area (Å²) in [4.78, 5) is 0. The maximum Gasteiger partial charge on any atom is 0.122 e. The zero-order chi connectivity index (χ0) is 14.8. The molecule has 0 aliphatic rings. The van der Waals surface area contributed by atoms with Gasteiger partial charge in [-0.25, -0.2) is 0 Å². The number of hydrogen-bond donors (Lipinski definition) is 1. The van der Waals surface area contributed by atoms with Crippen LogP contribution >= 0.6 is 0 Å². The van der Waals surface area contributed by atoms with E-state index in [4.69, 9.17) is 9.47 Å². The van der Waals surface area contributed by atoms with Crippen molar-refractivity contribution in [1.29, 1.82) is 0 Å². The number of aryl methyl sites for hydroxylation is 1. The van der Waals surface area contributed by atoms with Crippen molar-refractivity contribution in [1.82, 2.24) is 5.32 Å². The Labute approximate surface area is 123 Å². The Morgan fingerprint density at radius 1 is 0.950 bits per heavy atom. The molecule has 0 heterocycles. The third kappa shape index (κ3) is 5.83. The quantitative estimate of drug-likeness (QED) is 0.706. The Kier molecular flexibility index (Phi) is 8.12. The van der Waals surface area contributed by atoms with Gasteiger partial charge in [0.1, 0.15) is 11.5 Å². The van der Waals surface area contributed by atoms with Crippen LogP contribution in [0.1, 0.15) is 45.1 Å². The molecule has 1 aromatic carbocycles. The van der Waals surface area contributed by atoms with Gasteiger partial charge < -0.3 is 14.8 Å². The molecule has 0 saturated carbocycles. The second kappa shape index (κ2) is 9.65. The van der Waals surface area contributed by atoms with E-state index >= 15 is 0 Å². The lowest BCUT2D eigenvalue weighted by Crippen LogP contribution is -2.30. The average Bonchev–Trinajstić information content (AvgIpc) is 2.49. The summed E-state index contributed by atoms with van der Waals surface area (Å²) in [5, 5.41) is 3.64. The summed E-state index contributed by atoms with van der Waals surface area (Å²) < 4.78 is 10.6. The minimum absolute atomic E-state index is 0.608. The predicted molar refractivity (Wildman–Crippen MR) is 84.9 cm³/mol. The van der Waals surface area contributed by atoms with Crippen LogP contribution in [0.3, 0.4) is 0 Å². The monoisotopic (exact) mass is 279 g/mol. The highest BCUT2D eigenvalue weighted by Crippen LogP contribution is 2.23. The molecule has 0 bridgehead atoms. The van der Waals surface area contributed by atoms with Crippen LogP contribution in [-0.2, 0) is 6.42 Å². The van der Waals surface area contributed by atoms with Gasteiger partial charge >= 0.3 is 0 Å². The normalized spacial score (nSPS) is 12.2. The number of nitrogens with one attached hydrogen (secondary N) is 1. The zero-order valence-electron chi connectivity index (χ0n) is 13.4. The first-order valence-electron chi connectivity index (χ1n) is 7.68. The number of methoxy groups -OCH3 is 2. The van der Waals surface area contributed by atoms with Crippen LogP contribution in [-0.4, -0.2) is 26.8 Å². The summed E-state index contributed by atoms with van der Waals surface area (Å²) in [5.74, 6) is 1.74. The van der Waals surface area contributed by atoms with Crippen LogP contribution < -0.4 is 14.8 Å². The van der Waals surface area contributed by atoms with E-state index in [0.717, 1.165) is 30.9 Å². The maximum atomic E-state index is 5.32. The topological polar surface area (TPSA) is 30.5 Å². The van der Waals surface area contributed by atoms with Crippen LogP contribution in [0, 0.1) is 0 Å². The minimum Gasteiger partial charge on any atom is -0.497 e. The molecule has 1 unspecified atom stereocenters. The van der Waals surface area contributed by atoms with Gasteiger partial charge in [-0.3, -0.25) is 0 Å². The van der Waals surface area contributed by atoms with Crippen molar-refractivity contribution in [3.8, 4) is 11.5 Å². The molecule has 0 aliphatic carbocycles. The molecule has 1 N–H and O–H groups in total. The van der Waals surface area contributed by atoms with Gasteiger partial charge in [-0.2, -0.15) is 0 Å². The lowest BCUT2D eigenvalue weighted by Gasteiger charge is -2.18. The minimum atomic E-state index is 0.608. The van der Waals surface area contributed by atoms with Gasteiger partial charge in [-0.15, -0.1) is 0 Å². The van der Waals surface area contributed by atoms with Crippen molar-refractivity contribution in [2.24, 2.45) is 0 Å². The highest BCUT2D eigenvalue weighted by Gasteiger charge is 2.08. The van der Waals surface area contributed by atoms with Gasteiger partial charge in [0.05, 0.1) is 14.2 Å². The molecule has 0 aliphatic heterocycles. The van der Waals surface area contributed by atoms with Gasteiger partial charge in [-0.05, 0) is 49.9 Å². The van der Waals surface area contributed by atoms with E-state index in [9.17, 15) is 0 Å². The molecule has 114 valence electrons. The second-order valence-electron chi connectivity index (χ2n) is 5.20. The van der Waals surface area contributed by atoms with Crippen LogP contribution in [0.5, 0.6) is 11.5 Å². The molecule has 0 amide bonds. The van der Waals surface area contributed by atoms with E-state index in [1.807, 2.05) is 6.07 Å². The smallest absolute Gasteiger partial charge is 0.122 e. The highest BCUT2D eigenvalue weighted by molar-refractivity contribution is 5.38. The first kappa shape index (κ1) is 16.8. The summed E-state index contributed by atoms with van der Waals surface area (Å²) in [7, 11) is 3.39. The number of hydrogen-bond acceptors (Lipinski definition) is 3. The van der Waals surface area contributed by atoms with E-state index in [-0.39, 0.29) is 0 Å². The average molecular weight is 279 g/mol. The molecule has 1 aromatic rings. The Bertz CT molecular complexity index is 357. The summed E-state index contributed by atoms with van der Waals surface area (Å²) >= 11 is 0. The molecule has 0 spiro atoms. The van der Waals surface area contributed by atoms with E-state index < -0.39 is 0 Å². The number of benzene rings is 1. The van der Waals surface area contributed by atoms with Crippen molar-refractivity contribution >= 4 is 0 Å². The molecule has 3 heteroatoms. The zero-order valence-corrected chi connectivity index (χ0v) is 13.4.